The zero-order valence-corrected chi connectivity index (χ0v) is 34.5. The fraction of sp³-hybridized carbons (Fsp3) is 0.119. The van der Waals surface area contributed by atoms with Crippen molar-refractivity contribution < 1.29 is 12.3 Å². The van der Waals surface area contributed by atoms with Crippen LogP contribution in [0.2, 0.25) is 0 Å². The Morgan fingerprint density at radius 1 is 0.413 bits per heavy atom. The number of nitrogens with zero attached hydrogens (tertiary/aromatic N) is 4. The molecule has 0 N–H and O–H groups in total. The summed E-state index contributed by atoms with van der Waals surface area (Å²) in [6, 6.07) is 56.8. The van der Waals surface area contributed by atoms with Crippen LogP contribution in [0.25, 0.3) is 67.2 Å². The molecule has 0 aliphatic heterocycles. The molecule has 0 bridgehead atoms. The van der Waals surface area contributed by atoms with Crippen molar-refractivity contribution in [3.05, 3.63) is 233 Å². The molecule has 304 valence electrons. The number of benzene rings is 6. The van der Waals surface area contributed by atoms with Gasteiger partial charge in [0.2, 0.25) is 0 Å². The van der Waals surface area contributed by atoms with E-state index in [1.165, 1.54) is 35.5 Å². The molecule has 3 aromatic heterocycles. The second-order valence-electron chi connectivity index (χ2n) is 15.7. The van der Waals surface area contributed by atoms with Crippen molar-refractivity contribution in [2.24, 2.45) is 0 Å². The number of hydrogen-bond donors (Lipinski definition) is 0. The van der Waals surface area contributed by atoms with Gasteiger partial charge in [-0.15, -0.1) is 0 Å². The zero-order valence-electron chi connectivity index (χ0n) is 43.5. The molecule has 0 amide bonds. The highest BCUT2D eigenvalue weighted by molar-refractivity contribution is 5.94. The van der Waals surface area contributed by atoms with Crippen molar-refractivity contribution in [3.63, 3.8) is 0 Å². The van der Waals surface area contributed by atoms with Gasteiger partial charge in [0, 0.05) is 47.6 Å². The topological polar surface area (TPSA) is 62.5 Å². The number of rotatable bonds is 12. The summed E-state index contributed by atoms with van der Waals surface area (Å²) in [5.74, 6) is 0. The lowest BCUT2D eigenvalue weighted by molar-refractivity contribution is 0.931. The van der Waals surface area contributed by atoms with E-state index >= 15 is 0 Å². The van der Waals surface area contributed by atoms with Crippen LogP contribution in [0.15, 0.2) is 188 Å². The van der Waals surface area contributed by atoms with Gasteiger partial charge in [0.25, 0.3) is 0 Å². The van der Waals surface area contributed by atoms with E-state index in [1.807, 2.05) is 78.9 Å². The molecule has 0 spiro atoms. The summed E-state index contributed by atoms with van der Waals surface area (Å²) >= 11 is 0. The maximum atomic E-state index is 10.2. The Morgan fingerprint density at radius 2 is 0.937 bits per heavy atom. The second kappa shape index (κ2) is 18.5. The molecule has 9 rings (SSSR count). The van der Waals surface area contributed by atoms with Gasteiger partial charge in [-0.1, -0.05) is 133 Å². The first kappa shape index (κ1) is 31.2. The average Bonchev–Trinajstić information content (AvgIpc) is 3.39. The molecule has 4 heteroatoms. The van der Waals surface area contributed by atoms with Gasteiger partial charge in [0.05, 0.1) is 28.7 Å². The van der Waals surface area contributed by atoms with Crippen LogP contribution in [-0.4, -0.2) is 15.0 Å². The van der Waals surface area contributed by atoms with Crippen LogP contribution in [0.5, 0.6) is 0 Å². The van der Waals surface area contributed by atoms with E-state index in [0.29, 0.717) is 22.4 Å². The Balaban J connectivity index is 1.15. The van der Waals surface area contributed by atoms with Crippen LogP contribution in [0, 0.1) is 31.9 Å². The van der Waals surface area contributed by atoms with Gasteiger partial charge in [-0.25, -0.2) is 0 Å². The molecule has 4 nitrogen and oxygen atoms in total. The zero-order chi connectivity index (χ0) is 50.6. The first-order chi connectivity index (χ1) is 34.5. The third-order valence-electron chi connectivity index (χ3n) is 11.5. The Bertz CT molecular complexity index is 3260. The molecular formula is C59H48N4. The molecule has 0 radical (unpaired) electrons. The smallest absolute Gasteiger partial charge is 0.0997 e. The fourth-order valence-electron chi connectivity index (χ4n) is 8.17. The Hall–Kier alpha value is -7.74. The maximum absolute atomic E-state index is 10.2. The lowest BCUT2D eigenvalue weighted by Crippen LogP contribution is -1.98. The maximum Gasteiger partial charge on any atom is 0.0997 e. The van der Waals surface area contributed by atoms with Crippen LogP contribution in [0.4, 0.5) is 0 Å². The monoisotopic (exact) mass is 821 g/mol. The molecule has 6 aromatic carbocycles. The molecule has 0 fully saturated rings. The number of pyridine rings is 3. The molecule has 0 atom stereocenters. The minimum atomic E-state index is -2.82. The lowest BCUT2D eigenvalue weighted by atomic mass is 9.85. The van der Waals surface area contributed by atoms with Gasteiger partial charge >= 0.3 is 0 Å². The van der Waals surface area contributed by atoms with E-state index in [0.717, 1.165) is 76.0 Å². The van der Waals surface area contributed by atoms with Crippen molar-refractivity contribution in [2.45, 2.75) is 46.2 Å². The van der Waals surface area contributed by atoms with E-state index in [9.17, 15) is 5.26 Å². The standard InChI is InChI=1S/C59H48N4/c1-40-14-29-59(63-39-40)49-27-28-54(55(37-49)50-32-41(2)56(38-60)42(3)33-50)53-11-5-4-10-52(53)51-35-45(17-15-43-19-23-47(24-20-43)57-12-6-8-30-61-57)34-46(36-51)18-16-44-21-25-48(26-22-44)58-13-7-9-31-62-58/h4-14,19-37,39H,15-18H2,1-3H3/i1D3,2D3,3D3. The Labute approximate surface area is 384 Å². The quantitative estimate of drug-likeness (QED) is 0.123. The third-order valence-corrected chi connectivity index (χ3v) is 11.5. The molecule has 0 saturated carbocycles. The van der Waals surface area contributed by atoms with Gasteiger partial charge in [-0.3, -0.25) is 15.0 Å². The molecule has 63 heavy (non-hydrogen) atoms. The Kier molecular flexibility index (Phi) is 9.14. The summed E-state index contributed by atoms with van der Waals surface area (Å²) in [6.07, 6.45) is 8.02. The van der Waals surface area contributed by atoms with Crippen LogP contribution < -0.4 is 0 Å². The van der Waals surface area contributed by atoms with Crippen molar-refractivity contribution >= 4 is 0 Å². The second-order valence-corrected chi connectivity index (χ2v) is 15.7. The molecule has 0 saturated heterocycles. The van der Waals surface area contributed by atoms with E-state index in [2.05, 4.69) is 87.7 Å². The van der Waals surface area contributed by atoms with E-state index in [-0.39, 0.29) is 22.3 Å². The van der Waals surface area contributed by atoms with Crippen molar-refractivity contribution in [2.75, 3.05) is 0 Å². The van der Waals surface area contributed by atoms with Crippen molar-refractivity contribution in [3.8, 4) is 73.2 Å². The van der Waals surface area contributed by atoms with Crippen LogP contribution >= 0.6 is 0 Å². The summed E-state index contributed by atoms with van der Waals surface area (Å²) in [5, 5.41) is 10.2. The van der Waals surface area contributed by atoms with Crippen LogP contribution in [-0.2, 0) is 25.7 Å². The number of hydrogen-bond acceptors (Lipinski definition) is 4. The van der Waals surface area contributed by atoms with Crippen molar-refractivity contribution in [1.82, 2.24) is 15.0 Å². The van der Waals surface area contributed by atoms with Crippen LogP contribution in [0.3, 0.4) is 0 Å². The summed E-state index contributed by atoms with van der Waals surface area (Å²) in [5.41, 5.74) is 12.7. The number of nitriles is 1. The summed E-state index contributed by atoms with van der Waals surface area (Å²) in [6.45, 7) is -8.00. The van der Waals surface area contributed by atoms with Gasteiger partial charge in [0.1, 0.15) is 0 Å². The molecular weight excluding hydrogens is 765 g/mol. The first-order valence-electron chi connectivity index (χ1n) is 25.5. The highest BCUT2D eigenvalue weighted by Crippen LogP contribution is 2.41. The minimum absolute atomic E-state index is 0.0763. The normalized spacial score (nSPS) is 13.7. The van der Waals surface area contributed by atoms with Gasteiger partial charge in [0.15, 0.2) is 0 Å². The summed E-state index contributed by atoms with van der Waals surface area (Å²) in [7, 11) is 0. The lowest BCUT2D eigenvalue weighted by Gasteiger charge is -2.18. The Morgan fingerprint density at radius 3 is 1.46 bits per heavy atom. The first-order valence-corrected chi connectivity index (χ1v) is 21.0. The van der Waals surface area contributed by atoms with Crippen molar-refractivity contribution in [1.29, 1.82) is 5.26 Å². The highest BCUT2D eigenvalue weighted by Gasteiger charge is 2.17. The number of aryl methyl sites for hydroxylation is 7. The van der Waals surface area contributed by atoms with Gasteiger partial charge in [-0.05, 0) is 155 Å². The molecule has 9 aromatic rings. The van der Waals surface area contributed by atoms with Gasteiger partial charge < -0.3 is 0 Å². The van der Waals surface area contributed by atoms with E-state index in [4.69, 9.17) is 12.3 Å². The predicted molar refractivity (Wildman–Crippen MR) is 259 cm³/mol. The van der Waals surface area contributed by atoms with E-state index < -0.39 is 26.1 Å². The van der Waals surface area contributed by atoms with Gasteiger partial charge in [-0.2, -0.15) is 5.26 Å². The largest absolute Gasteiger partial charge is 0.256 e. The predicted octanol–water partition coefficient (Wildman–Crippen LogP) is 14.2. The van der Waals surface area contributed by atoms with Crippen LogP contribution in [0.1, 0.15) is 56.8 Å². The molecule has 0 aliphatic carbocycles. The summed E-state index contributed by atoms with van der Waals surface area (Å²) < 4.78 is 74.2. The minimum Gasteiger partial charge on any atom is -0.256 e. The molecule has 0 unspecified atom stereocenters. The average molecular weight is 822 g/mol. The van der Waals surface area contributed by atoms with E-state index in [1.54, 1.807) is 18.5 Å². The fourth-order valence-corrected chi connectivity index (χ4v) is 8.17. The summed E-state index contributed by atoms with van der Waals surface area (Å²) in [4.78, 5) is 13.5. The number of aromatic nitrogens is 3. The molecule has 3 heterocycles. The molecule has 0 aliphatic rings. The third kappa shape index (κ3) is 9.30. The highest BCUT2D eigenvalue weighted by atomic mass is 14.7. The SMILES string of the molecule is [2H]C([2H])([2H])c1ccc(-c2ccc(-c3ccccc3-c3cc(CCc4ccc(-c5ccccn5)cc4)cc(CCc4ccc(-c5ccccn5)cc4)c3)c(-c3cc(C([2H])([2H])[2H])c(C#N)c(C([2H])([2H])[2H])c3)c2)nc1.